The Kier molecular flexibility index (Phi) is 8.06. The zero-order chi connectivity index (χ0) is 24.6. The molecule has 1 heterocycles. The van der Waals surface area contributed by atoms with Gasteiger partial charge in [-0.3, -0.25) is 4.79 Å². The number of amides is 1. The average molecular weight is 577 g/mol. The number of para-hydroxylation sites is 1. The van der Waals surface area contributed by atoms with Crippen LogP contribution in [0.3, 0.4) is 0 Å². The van der Waals surface area contributed by atoms with Crippen LogP contribution in [0.5, 0.6) is 11.5 Å². The van der Waals surface area contributed by atoms with Crippen LogP contribution < -0.4 is 14.8 Å². The highest BCUT2D eigenvalue weighted by atomic mass is 127. The van der Waals surface area contributed by atoms with Crippen molar-refractivity contribution in [2.75, 3.05) is 13.7 Å². The van der Waals surface area contributed by atoms with Gasteiger partial charge in [-0.2, -0.15) is 5.26 Å². The summed E-state index contributed by atoms with van der Waals surface area (Å²) in [6.45, 7) is 0.831. The number of carbonyl (C=O) groups is 1. The van der Waals surface area contributed by atoms with E-state index in [1.165, 1.54) is 0 Å². The van der Waals surface area contributed by atoms with Crippen LogP contribution in [-0.4, -0.2) is 24.5 Å². The number of nitriles is 1. The number of nitrogens with one attached hydrogen (secondary N) is 2. The second-order valence-electron chi connectivity index (χ2n) is 7.84. The second kappa shape index (κ2) is 11.6. The molecule has 2 N–H and O–H groups in total. The first-order valence-corrected chi connectivity index (χ1v) is 12.2. The molecule has 0 fully saturated rings. The summed E-state index contributed by atoms with van der Waals surface area (Å²) in [6.07, 6.45) is 4.17. The van der Waals surface area contributed by atoms with Crippen molar-refractivity contribution >= 4 is 45.5 Å². The number of methoxy groups -OCH3 is 1. The Hall–Kier alpha value is -3.77. The van der Waals surface area contributed by atoms with Crippen LogP contribution in [0.2, 0.25) is 0 Å². The predicted octanol–water partition coefficient (Wildman–Crippen LogP) is 5.63. The Morgan fingerprint density at radius 1 is 1.14 bits per heavy atom. The zero-order valence-corrected chi connectivity index (χ0v) is 21.3. The SMILES string of the molecule is COc1cc(/C=C(/C#N)C(=O)NCCc2c[nH]c3ccccc23)cc(I)c1OCc1ccccc1. The molecule has 1 aromatic heterocycles. The molecule has 1 amide bonds. The highest BCUT2D eigenvalue weighted by molar-refractivity contribution is 14.1. The molecule has 3 aromatic carbocycles. The molecular formula is C28H24IN3O3. The first kappa shape index (κ1) is 24.4. The molecule has 0 radical (unpaired) electrons. The Bertz CT molecular complexity index is 1400. The molecule has 0 unspecified atom stereocenters. The first-order valence-electron chi connectivity index (χ1n) is 11.1. The third-order valence-corrected chi connectivity index (χ3v) is 6.31. The number of aromatic nitrogens is 1. The van der Waals surface area contributed by atoms with Crippen LogP contribution in [0.1, 0.15) is 16.7 Å². The van der Waals surface area contributed by atoms with Gasteiger partial charge in [-0.05, 0) is 70.0 Å². The second-order valence-corrected chi connectivity index (χ2v) is 9.01. The molecule has 0 saturated heterocycles. The van der Waals surface area contributed by atoms with Crippen LogP contribution in [0.4, 0.5) is 0 Å². The van der Waals surface area contributed by atoms with Crippen molar-refractivity contribution in [2.45, 2.75) is 13.0 Å². The lowest BCUT2D eigenvalue weighted by Gasteiger charge is -2.14. The number of H-pyrrole nitrogens is 1. The van der Waals surface area contributed by atoms with Crippen molar-refractivity contribution in [3.8, 4) is 17.6 Å². The van der Waals surface area contributed by atoms with Gasteiger partial charge in [-0.1, -0.05) is 48.5 Å². The number of nitrogens with zero attached hydrogens (tertiary/aromatic N) is 1. The quantitative estimate of drug-likeness (QED) is 0.154. The molecule has 0 saturated carbocycles. The number of hydrogen-bond donors (Lipinski definition) is 2. The summed E-state index contributed by atoms with van der Waals surface area (Å²) in [5.74, 6) is 0.748. The molecule has 4 aromatic rings. The Labute approximate surface area is 217 Å². The Balaban J connectivity index is 1.43. The van der Waals surface area contributed by atoms with E-state index in [9.17, 15) is 10.1 Å². The van der Waals surface area contributed by atoms with Gasteiger partial charge in [0.15, 0.2) is 11.5 Å². The van der Waals surface area contributed by atoms with E-state index in [0.717, 1.165) is 25.6 Å². The van der Waals surface area contributed by atoms with Gasteiger partial charge >= 0.3 is 0 Å². The molecule has 0 atom stereocenters. The van der Waals surface area contributed by atoms with E-state index in [-0.39, 0.29) is 5.57 Å². The first-order chi connectivity index (χ1) is 17.1. The summed E-state index contributed by atoms with van der Waals surface area (Å²) < 4.78 is 12.3. The van der Waals surface area contributed by atoms with E-state index in [2.05, 4.69) is 32.9 Å². The number of rotatable bonds is 9. The number of ether oxygens (including phenoxy) is 2. The van der Waals surface area contributed by atoms with E-state index >= 15 is 0 Å². The van der Waals surface area contributed by atoms with Crippen LogP contribution in [0, 0.1) is 14.9 Å². The molecular weight excluding hydrogens is 553 g/mol. The van der Waals surface area contributed by atoms with E-state index in [0.29, 0.717) is 36.6 Å². The molecule has 0 aliphatic rings. The van der Waals surface area contributed by atoms with E-state index in [1.807, 2.05) is 72.9 Å². The van der Waals surface area contributed by atoms with E-state index in [1.54, 1.807) is 19.3 Å². The zero-order valence-electron chi connectivity index (χ0n) is 19.2. The molecule has 6 nitrogen and oxygen atoms in total. The van der Waals surface area contributed by atoms with Crippen molar-refractivity contribution in [3.63, 3.8) is 0 Å². The average Bonchev–Trinajstić information content (AvgIpc) is 3.30. The van der Waals surface area contributed by atoms with Crippen molar-refractivity contribution in [2.24, 2.45) is 0 Å². The molecule has 0 spiro atoms. The maximum atomic E-state index is 12.7. The lowest BCUT2D eigenvalue weighted by molar-refractivity contribution is -0.117. The molecule has 0 aliphatic carbocycles. The fourth-order valence-corrected chi connectivity index (χ4v) is 4.53. The Morgan fingerprint density at radius 2 is 1.91 bits per heavy atom. The topological polar surface area (TPSA) is 87.1 Å². The van der Waals surface area contributed by atoms with E-state index in [4.69, 9.17) is 9.47 Å². The molecule has 4 rings (SSSR count). The van der Waals surface area contributed by atoms with Crippen LogP contribution in [-0.2, 0) is 17.8 Å². The van der Waals surface area contributed by atoms with Crippen molar-refractivity contribution < 1.29 is 14.3 Å². The lowest BCUT2D eigenvalue weighted by Crippen LogP contribution is -2.26. The minimum Gasteiger partial charge on any atom is -0.493 e. The van der Waals surface area contributed by atoms with E-state index < -0.39 is 5.91 Å². The number of aromatic amines is 1. The van der Waals surface area contributed by atoms with Crippen LogP contribution in [0.15, 0.2) is 78.5 Å². The monoisotopic (exact) mass is 577 g/mol. The summed E-state index contributed by atoms with van der Waals surface area (Å²) in [5.41, 5.74) is 3.94. The van der Waals surface area contributed by atoms with Gasteiger partial charge in [0.05, 0.1) is 10.7 Å². The standard InChI is InChI=1S/C28H24IN3O3/c1-34-26-15-20(14-24(29)27(26)35-18-19-7-3-2-4-8-19)13-22(16-30)28(33)31-12-11-21-17-32-25-10-6-5-9-23(21)25/h2-10,13-15,17,32H,11-12,18H2,1H3,(H,31,33)/b22-13-. The van der Waals surface area contributed by atoms with Gasteiger partial charge in [-0.25, -0.2) is 0 Å². The van der Waals surface area contributed by atoms with Gasteiger partial charge < -0.3 is 19.8 Å². The highest BCUT2D eigenvalue weighted by Gasteiger charge is 2.14. The number of carbonyl (C=O) groups excluding carboxylic acids is 1. The maximum Gasteiger partial charge on any atom is 0.261 e. The third-order valence-electron chi connectivity index (χ3n) is 5.51. The minimum absolute atomic E-state index is 0.0275. The summed E-state index contributed by atoms with van der Waals surface area (Å²) in [6, 6.07) is 23.5. The summed E-state index contributed by atoms with van der Waals surface area (Å²) >= 11 is 2.17. The lowest BCUT2D eigenvalue weighted by atomic mass is 10.1. The minimum atomic E-state index is -0.411. The van der Waals surface area contributed by atoms with Crippen LogP contribution >= 0.6 is 22.6 Å². The number of fused-ring (bicyclic) bond motifs is 1. The summed E-state index contributed by atoms with van der Waals surface area (Å²) in [4.78, 5) is 15.9. The number of hydrogen-bond acceptors (Lipinski definition) is 4. The largest absolute Gasteiger partial charge is 0.493 e. The third kappa shape index (κ3) is 6.03. The highest BCUT2D eigenvalue weighted by Crippen LogP contribution is 2.35. The van der Waals surface area contributed by atoms with Gasteiger partial charge in [-0.15, -0.1) is 0 Å². The summed E-state index contributed by atoms with van der Waals surface area (Å²) in [5, 5.41) is 13.6. The Morgan fingerprint density at radius 3 is 2.69 bits per heavy atom. The smallest absolute Gasteiger partial charge is 0.261 e. The molecule has 0 aliphatic heterocycles. The maximum absolute atomic E-state index is 12.7. The van der Waals surface area contributed by atoms with Gasteiger partial charge in [0.25, 0.3) is 5.91 Å². The predicted molar refractivity (Wildman–Crippen MR) is 145 cm³/mol. The van der Waals surface area contributed by atoms with Gasteiger partial charge in [0, 0.05) is 23.6 Å². The van der Waals surface area contributed by atoms with Crippen molar-refractivity contribution in [1.29, 1.82) is 5.26 Å². The molecule has 7 heteroatoms. The fraction of sp³-hybridized carbons (Fsp3) is 0.143. The fourth-order valence-electron chi connectivity index (χ4n) is 3.75. The molecule has 0 bridgehead atoms. The molecule has 35 heavy (non-hydrogen) atoms. The van der Waals surface area contributed by atoms with Crippen molar-refractivity contribution in [1.82, 2.24) is 10.3 Å². The summed E-state index contributed by atoms with van der Waals surface area (Å²) in [7, 11) is 1.57. The van der Waals surface area contributed by atoms with Gasteiger partial charge in [0.1, 0.15) is 18.2 Å². The van der Waals surface area contributed by atoms with Crippen LogP contribution in [0.25, 0.3) is 17.0 Å². The molecule has 176 valence electrons. The number of benzene rings is 3. The normalized spacial score (nSPS) is 11.2. The number of halogens is 1. The van der Waals surface area contributed by atoms with Crippen molar-refractivity contribution in [3.05, 3.63) is 98.8 Å². The van der Waals surface area contributed by atoms with Gasteiger partial charge in [0.2, 0.25) is 0 Å².